The van der Waals surface area contributed by atoms with Crippen molar-refractivity contribution in [2.45, 2.75) is 18.7 Å². The number of hydrogen-bond acceptors (Lipinski definition) is 4. The highest BCUT2D eigenvalue weighted by Gasteiger charge is 2.27. The molecule has 1 aliphatic rings. The van der Waals surface area contributed by atoms with Gasteiger partial charge in [-0.2, -0.15) is 5.10 Å². The van der Waals surface area contributed by atoms with Crippen molar-refractivity contribution in [1.29, 1.82) is 0 Å². The van der Waals surface area contributed by atoms with Crippen molar-refractivity contribution in [3.05, 3.63) is 77.5 Å². The van der Waals surface area contributed by atoms with E-state index in [1.54, 1.807) is 23.9 Å². The number of hydrogen-bond donors (Lipinski definition) is 1. The molecule has 4 rings (SSSR count). The Labute approximate surface area is 144 Å². The van der Waals surface area contributed by atoms with Gasteiger partial charge >= 0.3 is 0 Å². The molecule has 5 heteroatoms. The molecule has 2 heterocycles. The lowest BCUT2D eigenvalue weighted by Crippen LogP contribution is -2.07. The number of phenolic OH excluding ortho intramolecular Hbond substituents is 1. The van der Waals surface area contributed by atoms with E-state index in [2.05, 4.69) is 17.2 Å². The summed E-state index contributed by atoms with van der Waals surface area (Å²) >= 11 is 1.72. The Kier molecular flexibility index (Phi) is 3.86. The van der Waals surface area contributed by atoms with Crippen LogP contribution in [0.15, 0.2) is 65.8 Å². The number of phenols is 1. The van der Waals surface area contributed by atoms with Crippen LogP contribution in [0.1, 0.15) is 28.9 Å². The molecule has 120 valence electrons. The van der Waals surface area contributed by atoms with Gasteiger partial charge in [0.2, 0.25) is 0 Å². The molecule has 0 saturated carbocycles. The molecule has 1 N–H and O–H groups in total. The second kappa shape index (κ2) is 6.17. The first-order valence-corrected chi connectivity index (χ1v) is 8.69. The molecule has 4 nitrogen and oxygen atoms in total. The highest BCUT2D eigenvalue weighted by atomic mass is 32.2. The van der Waals surface area contributed by atoms with E-state index in [1.807, 2.05) is 48.1 Å². The standard InChI is InChI=1S/C19H17N3OS/c1-13-21-19-17(18(24-13)15-7-9-16(23)10-8-15)11-20-22(19)12-14-5-3-2-4-6-14/h2-11,18,23H,12H2,1H3/t18-/m0/s1. The van der Waals surface area contributed by atoms with Crippen molar-refractivity contribution >= 4 is 22.6 Å². The number of benzene rings is 2. The first-order chi connectivity index (χ1) is 11.7. The normalized spacial score (nSPS) is 16.5. The molecule has 0 radical (unpaired) electrons. The van der Waals surface area contributed by atoms with E-state index in [0.717, 1.165) is 22.0 Å². The summed E-state index contributed by atoms with van der Waals surface area (Å²) in [5, 5.41) is 15.3. The Morgan fingerprint density at radius 3 is 2.58 bits per heavy atom. The second-order valence-electron chi connectivity index (χ2n) is 5.79. The quantitative estimate of drug-likeness (QED) is 0.765. The second-order valence-corrected chi connectivity index (χ2v) is 7.08. The van der Waals surface area contributed by atoms with Crippen molar-refractivity contribution in [2.24, 2.45) is 4.99 Å². The zero-order valence-corrected chi connectivity index (χ0v) is 14.1. The summed E-state index contributed by atoms with van der Waals surface area (Å²) in [6.45, 7) is 2.74. The predicted molar refractivity (Wildman–Crippen MR) is 98.1 cm³/mol. The van der Waals surface area contributed by atoms with E-state index in [4.69, 9.17) is 4.99 Å². The lowest BCUT2D eigenvalue weighted by atomic mass is 10.1. The van der Waals surface area contributed by atoms with Crippen LogP contribution in [0, 0.1) is 0 Å². The lowest BCUT2D eigenvalue weighted by Gasteiger charge is -2.21. The van der Waals surface area contributed by atoms with E-state index in [-0.39, 0.29) is 11.0 Å². The molecule has 24 heavy (non-hydrogen) atoms. The van der Waals surface area contributed by atoms with Gasteiger partial charge < -0.3 is 5.11 Å². The average molecular weight is 335 g/mol. The van der Waals surface area contributed by atoms with Crippen LogP contribution in [0.4, 0.5) is 5.82 Å². The Bertz CT molecular complexity index is 885. The minimum Gasteiger partial charge on any atom is -0.508 e. The Balaban J connectivity index is 1.72. The fourth-order valence-corrected chi connectivity index (χ4v) is 3.95. The number of aliphatic imine (C=N–C) groups is 1. The molecule has 1 aromatic heterocycles. The predicted octanol–water partition coefficient (Wildman–Crippen LogP) is 4.52. The van der Waals surface area contributed by atoms with Crippen LogP contribution in [-0.2, 0) is 6.54 Å². The van der Waals surface area contributed by atoms with Crippen LogP contribution in [0.3, 0.4) is 0 Å². The minimum atomic E-state index is 0.155. The molecular formula is C19H17N3OS. The van der Waals surface area contributed by atoms with Crippen molar-refractivity contribution in [3.63, 3.8) is 0 Å². The third-order valence-electron chi connectivity index (χ3n) is 4.04. The Morgan fingerprint density at radius 1 is 1.08 bits per heavy atom. The van der Waals surface area contributed by atoms with Gasteiger partial charge in [0.05, 0.1) is 23.0 Å². The van der Waals surface area contributed by atoms with Crippen LogP contribution in [0.5, 0.6) is 5.75 Å². The van der Waals surface area contributed by atoms with E-state index in [0.29, 0.717) is 6.54 Å². The molecule has 2 aromatic carbocycles. The number of nitrogens with zero attached hydrogens (tertiary/aromatic N) is 3. The summed E-state index contributed by atoms with van der Waals surface area (Å²) in [4.78, 5) is 4.73. The first-order valence-electron chi connectivity index (χ1n) is 7.81. The van der Waals surface area contributed by atoms with Gasteiger partial charge in [0.1, 0.15) is 5.75 Å². The van der Waals surface area contributed by atoms with Gasteiger partial charge in [-0.25, -0.2) is 9.67 Å². The molecular weight excluding hydrogens is 318 g/mol. The number of aromatic hydroxyl groups is 1. The summed E-state index contributed by atoms with van der Waals surface area (Å²) in [5.74, 6) is 1.21. The summed E-state index contributed by atoms with van der Waals surface area (Å²) in [5.41, 5.74) is 3.47. The number of rotatable bonds is 3. The molecule has 1 atom stereocenters. The maximum absolute atomic E-state index is 9.52. The highest BCUT2D eigenvalue weighted by molar-refractivity contribution is 8.14. The van der Waals surface area contributed by atoms with Gasteiger partial charge in [0.25, 0.3) is 0 Å². The molecule has 3 aromatic rings. The van der Waals surface area contributed by atoms with Crippen molar-refractivity contribution in [3.8, 4) is 5.75 Å². The summed E-state index contributed by atoms with van der Waals surface area (Å²) < 4.78 is 1.96. The molecule has 0 aliphatic carbocycles. The van der Waals surface area contributed by atoms with Gasteiger partial charge in [-0.3, -0.25) is 0 Å². The maximum Gasteiger partial charge on any atom is 0.156 e. The van der Waals surface area contributed by atoms with Crippen LogP contribution in [0.25, 0.3) is 0 Å². The van der Waals surface area contributed by atoms with Crippen LogP contribution in [-0.4, -0.2) is 19.9 Å². The van der Waals surface area contributed by atoms with Crippen molar-refractivity contribution in [1.82, 2.24) is 9.78 Å². The van der Waals surface area contributed by atoms with Crippen LogP contribution < -0.4 is 0 Å². The summed E-state index contributed by atoms with van der Waals surface area (Å²) in [6.07, 6.45) is 1.92. The largest absolute Gasteiger partial charge is 0.508 e. The zero-order valence-electron chi connectivity index (χ0n) is 13.3. The summed E-state index contributed by atoms with van der Waals surface area (Å²) in [6, 6.07) is 17.7. The molecule has 1 aliphatic heterocycles. The smallest absolute Gasteiger partial charge is 0.156 e. The average Bonchev–Trinajstić information content (AvgIpc) is 2.99. The van der Waals surface area contributed by atoms with Gasteiger partial charge in [-0.15, -0.1) is 0 Å². The molecule has 0 spiro atoms. The van der Waals surface area contributed by atoms with Crippen molar-refractivity contribution in [2.75, 3.05) is 0 Å². The molecule has 0 fully saturated rings. The minimum absolute atomic E-state index is 0.155. The van der Waals surface area contributed by atoms with Gasteiger partial charge in [0.15, 0.2) is 5.82 Å². The topological polar surface area (TPSA) is 50.4 Å². The molecule has 0 bridgehead atoms. The van der Waals surface area contributed by atoms with E-state index < -0.39 is 0 Å². The SMILES string of the molecule is CC1=Nc2c(cnn2Cc2ccccc2)[C@H](c2ccc(O)cc2)S1. The Hall–Kier alpha value is -2.53. The fraction of sp³-hybridized carbons (Fsp3) is 0.158. The fourth-order valence-electron chi connectivity index (χ4n) is 2.88. The van der Waals surface area contributed by atoms with Gasteiger partial charge in [-0.1, -0.05) is 54.2 Å². The first kappa shape index (κ1) is 15.0. The highest BCUT2D eigenvalue weighted by Crippen LogP contribution is 2.45. The summed E-state index contributed by atoms with van der Waals surface area (Å²) in [7, 11) is 0. The third kappa shape index (κ3) is 2.83. The maximum atomic E-state index is 9.52. The van der Waals surface area contributed by atoms with Crippen LogP contribution in [0.2, 0.25) is 0 Å². The van der Waals surface area contributed by atoms with Gasteiger partial charge in [0, 0.05) is 5.56 Å². The number of aromatic nitrogens is 2. The number of thioether (sulfide) groups is 1. The molecule has 0 unspecified atom stereocenters. The van der Waals surface area contributed by atoms with E-state index in [1.165, 1.54) is 5.56 Å². The molecule has 0 saturated heterocycles. The van der Waals surface area contributed by atoms with E-state index >= 15 is 0 Å². The zero-order chi connectivity index (χ0) is 16.5. The third-order valence-corrected chi connectivity index (χ3v) is 5.24. The molecule has 0 amide bonds. The Morgan fingerprint density at radius 2 is 1.83 bits per heavy atom. The lowest BCUT2D eigenvalue weighted by molar-refractivity contribution is 0.475. The van der Waals surface area contributed by atoms with Gasteiger partial charge in [-0.05, 0) is 30.2 Å². The monoisotopic (exact) mass is 335 g/mol. The number of fused-ring (bicyclic) bond motifs is 1. The van der Waals surface area contributed by atoms with Crippen molar-refractivity contribution < 1.29 is 5.11 Å². The van der Waals surface area contributed by atoms with Crippen LogP contribution >= 0.6 is 11.8 Å². The van der Waals surface area contributed by atoms with E-state index in [9.17, 15) is 5.11 Å².